The molecular weight excluding hydrogens is 238 g/mol. The number of aromatic nitrogens is 2. The molecule has 2 rings (SSSR count). The van der Waals surface area contributed by atoms with Gasteiger partial charge in [0.2, 0.25) is 0 Å². The van der Waals surface area contributed by atoms with Crippen LogP contribution in [0.1, 0.15) is 12.8 Å². The van der Waals surface area contributed by atoms with E-state index in [1.165, 1.54) is 16.8 Å². The van der Waals surface area contributed by atoms with Crippen LogP contribution in [0.3, 0.4) is 0 Å². The van der Waals surface area contributed by atoms with Gasteiger partial charge in [0.25, 0.3) is 10.0 Å². The van der Waals surface area contributed by atoms with Gasteiger partial charge in [0, 0.05) is 18.5 Å². The zero-order valence-corrected chi connectivity index (χ0v) is 9.63. The van der Waals surface area contributed by atoms with Crippen LogP contribution in [0.4, 0.5) is 0 Å². The van der Waals surface area contributed by atoms with Crippen molar-refractivity contribution in [2.45, 2.75) is 23.2 Å². The van der Waals surface area contributed by atoms with Crippen molar-refractivity contribution in [2.75, 3.05) is 13.1 Å². The summed E-state index contributed by atoms with van der Waals surface area (Å²) in [5.41, 5.74) is 0. The molecule has 0 bridgehead atoms. The van der Waals surface area contributed by atoms with Crippen molar-refractivity contribution in [1.29, 1.82) is 0 Å². The van der Waals surface area contributed by atoms with Gasteiger partial charge in [0.05, 0.1) is 12.5 Å². The lowest BCUT2D eigenvalue weighted by molar-refractivity contribution is 0.349. The molecule has 84 valence electrons. The predicted molar refractivity (Wildman–Crippen MR) is 56.2 cm³/mol. The fourth-order valence-electron chi connectivity index (χ4n) is 1.63. The quantitative estimate of drug-likeness (QED) is 0.789. The number of halogens is 1. The Balaban J connectivity index is 2.22. The van der Waals surface area contributed by atoms with E-state index < -0.39 is 10.0 Å². The largest absolute Gasteiger partial charge is 0.335 e. The molecule has 7 heteroatoms. The molecule has 0 amide bonds. The van der Waals surface area contributed by atoms with Crippen LogP contribution in [-0.2, 0) is 10.0 Å². The molecule has 2 heterocycles. The maximum Gasteiger partial charge on any atom is 0.260 e. The Morgan fingerprint density at radius 3 is 3.00 bits per heavy atom. The van der Waals surface area contributed by atoms with Crippen LogP contribution in [0.5, 0.6) is 0 Å². The molecule has 0 radical (unpaired) electrons. The third kappa shape index (κ3) is 2.16. The van der Waals surface area contributed by atoms with Gasteiger partial charge in [-0.3, -0.25) is 0 Å². The number of hydrogen-bond acceptors (Lipinski definition) is 3. The molecule has 1 N–H and O–H groups in total. The lowest BCUT2D eigenvalue weighted by atomic mass is 10.2. The van der Waals surface area contributed by atoms with Crippen LogP contribution >= 0.6 is 11.6 Å². The molecule has 1 aliphatic rings. The number of rotatable bonds is 2. The Morgan fingerprint density at radius 2 is 2.40 bits per heavy atom. The molecule has 1 unspecified atom stereocenters. The fourth-order valence-corrected chi connectivity index (χ4v) is 3.46. The maximum atomic E-state index is 12.0. The van der Waals surface area contributed by atoms with Gasteiger partial charge in [-0.1, -0.05) is 0 Å². The lowest BCUT2D eigenvalue weighted by Crippen LogP contribution is -2.40. The smallest absolute Gasteiger partial charge is 0.260 e. The second-order valence-electron chi connectivity index (χ2n) is 3.52. The van der Waals surface area contributed by atoms with Gasteiger partial charge in [-0.05, 0) is 12.8 Å². The van der Waals surface area contributed by atoms with Crippen LogP contribution in [0, 0.1) is 0 Å². The molecule has 1 aliphatic heterocycles. The molecule has 0 aliphatic carbocycles. The number of sulfonamides is 1. The maximum absolute atomic E-state index is 12.0. The Morgan fingerprint density at radius 1 is 1.60 bits per heavy atom. The van der Waals surface area contributed by atoms with E-state index in [2.05, 4.69) is 9.97 Å². The van der Waals surface area contributed by atoms with Gasteiger partial charge < -0.3 is 4.98 Å². The van der Waals surface area contributed by atoms with Crippen molar-refractivity contribution in [3.63, 3.8) is 0 Å². The van der Waals surface area contributed by atoms with E-state index >= 15 is 0 Å². The molecule has 1 saturated heterocycles. The highest BCUT2D eigenvalue weighted by Crippen LogP contribution is 2.21. The summed E-state index contributed by atoms with van der Waals surface area (Å²) in [6, 6.07) is 0. The van der Waals surface area contributed by atoms with E-state index in [0.29, 0.717) is 13.1 Å². The van der Waals surface area contributed by atoms with Crippen LogP contribution in [0.15, 0.2) is 17.6 Å². The number of imidazole rings is 1. The van der Waals surface area contributed by atoms with Crippen molar-refractivity contribution >= 4 is 21.6 Å². The summed E-state index contributed by atoms with van der Waals surface area (Å²) >= 11 is 5.95. The summed E-state index contributed by atoms with van der Waals surface area (Å²) < 4.78 is 25.4. The van der Waals surface area contributed by atoms with Gasteiger partial charge in [-0.25, -0.2) is 13.4 Å². The number of nitrogens with zero attached hydrogens (tertiary/aromatic N) is 2. The lowest BCUT2D eigenvalue weighted by Gasteiger charge is -2.28. The monoisotopic (exact) mass is 249 g/mol. The molecule has 0 spiro atoms. The first-order chi connectivity index (χ1) is 7.10. The molecule has 5 nitrogen and oxygen atoms in total. The van der Waals surface area contributed by atoms with Crippen LogP contribution in [0.25, 0.3) is 0 Å². The summed E-state index contributed by atoms with van der Waals surface area (Å²) in [7, 11) is -3.42. The van der Waals surface area contributed by atoms with Crippen molar-refractivity contribution in [1.82, 2.24) is 14.3 Å². The van der Waals surface area contributed by atoms with Crippen molar-refractivity contribution in [3.05, 3.63) is 12.5 Å². The minimum Gasteiger partial charge on any atom is -0.335 e. The average Bonchev–Trinajstić information content (AvgIpc) is 2.71. The molecule has 1 aromatic rings. The van der Waals surface area contributed by atoms with Crippen molar-refractivity contribution < 1.29 is 8.42 Å². The van der Waals surface area contributed by atoms with Gasteiger partial charge in [0.15, 0.2) is 5.03 Å². The van der Waals surface area contributed by atoms with Crippen LogP contribution in [-0.4, -0.2) is 41.2 Å². The highest BCUT2D eigenvalue weighted by molar-refractivity contribution is 7.89. The standard InChI is InChI=1S/C8H12ClN3O2S/c9-7-2-1-3-12(5-7)15(13,14)8-4-10-6-11-8/h4,6-7H,1-3,5H2,(H,10,11). The molecule has 1 aromatic heterocycles. The van der Waals surface area contributed by atoms with Gasteiger partial charge in [-0.15, -0.1) is 11.6 Å². The van der Waals surface area contributed by atoms with Crippen LogP contribution in [0.2, 0.25) is 0 Å². The zero-order valence-electron chi connectivity index (χ0n) is 8.06. The summed E-state index contributed by atoms with van der Waals surface area (Å²) in [6.07, 6.45) is 4.35. The minimum absolute atomic E-state index is 0.0866. The summed E-state index contributed by atoms with van der Waals surface area (Å²) in [6.45, 7) is 0.910. The molecular formula is C8H12ClN3O2S. The Hall–Kier alpha value is -0.590. The van der Waals surface area contributed by atoms with Crippen LogP contribution < -0.4 is 0 Å². The highest BCUT2D eigenvalue weighted by Gasteiger charge is 2.30. The minimum atomic E-state index is -3.42. The van der Waals surface area contributed by atoms with Gasteiger partial charge >= 0.3 is 0 Å². The second kappa shape index (κ2) is 4.11. The summed E-state index contributed by atoms with van der Waals surface area (Å²) in [5.74, 6) is 0. The second-order valence-corrected chi connectivity index (χ2v) is 6.04. The first-order valence-corrected chi connectivity index (χ1v) is 6.61. The van der Waals surface area contributed by atoms with E-state index in [9.17, 15) is 8.42 Å². The number of alkyl halides is 1. The molecule has 15 heavy (non-hydrogen) atoms. The number of H-pyrrole nitrogens is 1. The van der Waals surface area contributed by atoms with E-state index in [4.69, 9.17) is 11.6 Å². The third-order valence-corrected chi connectivity index (χ3v) is 4.56. The number of aromatic amines is 1. The van der Waals surface area contributed by atoms with E-state index in [0.717, 1.165) is 12.8 Å². The molecule has 1 fully saturated rings. The first-order valence-electron chi connectivity index (χ1n) is 4.73. The number of piperidine rings is 1. The topological polar surface area (TPSA) is 66.1 Å². The third-order valence-electron chi connectivity index (χ3n) is 2.42. The molecule has 0 aromatic carbocycles. The Kier molecular flexibility index (Phi) is 2.99. The van der Waals surface area contributed by atoms with Crippen molar-refractivity contribution in [2.24, 2.45) is 0 Å². The summed E-state index contributed by atoms with van der Waals surface area (Å²) in [5, 5.41) is 0.0460. The van der Waals surface area contributed by atoms with Gasteiger partial charge in [0.1, 0.15) is 0 Å². The Labute approximate surface area is 93.5 Å². The van der Waals surface area contributed by atoms with Gasteiger partial charge in [-0.2, -0.15) is 4.31 Å². The first kappa shape index (κ1) is 10.9. The summed E-state index contributed by atoms with van der Waals surface area (Å²) in [4.78, 5) is 6.31. The van der Waals surface area contributed by atoms with Crippen molar-refractivity contribution in [3.8, 4) is 0 Å². The van der Waals surface area contributed by atoms with E-state index in [1.807, 2.05) is 0 Å². The SMILES string of the molecule is O=S(=O)(c1cnc[nH]1)N1CCCC(Cl)C1. The number of hydrogen-bond donors (Lipinski definition) is 1. The normalized spacial score (nSPS) is 24.2. The fraction of sp³-hybridized carbons (Fsp3) is 0.625. The molecule has 1 atom stereocenters. The molecule has 0 saturated carbocycles. The van der Waals surface area contributed by atoms with E-state index in [-0.39, 0.29) is 10.4 Å². The average molecular weight is 250 g/mol. The zero-order chi connectivity index (χ0) is 10.9. The van der Waals surface area contributed by atoms with E-state index in [1.54, 1.807) is 0 Å². The Bertz CT molecular complexity index is 417. The number of nitrogens with one attached hydrogen (secondary N) is 1. The predicted octanol–water partition coefficient (Wildman–Crippen LogP) is 0.802. The highest BCUT2D eigenvalue weighted by atomic mass is 35.5.